The van der Waals surface area contributed by atoms with Crippen molar-refractivity contribution >= 4 is 0 Å². The second kappa shape index (κ2) is 4.40. The van der Waals surface area contributed by atoms with E-state index in [1.54, 1.807) is 0 Å². The standard InChI is InChI=1S/C7H8N2O/c1-5-6(10-4)7(8-2)9-3/h5H2,1,4H3. The van der Waals surface area contributed by atoms with Crippen LogP contribution in [-0.2, 0) is 4.74 Å². The molecule has 3 nitrogen and oxygen atoms in total. The first-order chi connectivity index (χ1) is 4.79. The van der Waals surface area contributed by atoms with E-state index in [1.807, 2.05) is 6.92 Å². The van der Waals surface area contributed by atoms with Crippen LogP contribution in [0.1, 0.15) is 13.3 Å². The van der Waals surface area contributed by atoms with Crippen LogP contribution in [0.5, 0.6) is 0 Å². The predicted molar refractivity (Wildman–Crippen MR) is 37.5 cm³/mol. The molecular formula is C7H8N2O. The van der Waals surface area contributed by atoms with Crippen molar-refractivity contribution in [3.05, 3.63) is 34.4 Å². The number of hydrogen-bond acceptors (Lipinski definition) is 1. The van der Waals surface area contributed by atoms with Gasteiger partial charge in [-0.3, -0.25) is 0 Å². The number of rotatable bonds is 2. The third-order valence-corrected chi connectivity index (χ3v) is 1.03. The number of methoxy groups -OCH3 is 1. The van der Waals surface area contributed by atoms with Crippen LogP contribution >= 0.6 is 0 Å². The number of allylic oxidation sites excluding steroid dienone is 1. The maximum atomic E-state index is 6.57. The largest absolute Gasteiger partial charge is 0.557 e. The fraction of sp³-hybridized carbons (Fsp3) is 0.429. The minimum absolute atomic E-state index is 0.0324. The fourth-order valence-corrected chi connectivity index (χ4v) is 0.543. The molecule has 0 spiro atoms. The molecule has 0 heterocycles. The van der Waals surface area contributed by atoms with Gasteiger partial charge in [0.15, 0.2) is 5.76 Å². The first-order valence-electron chi connectivity index (χ1n) is 2.82. The summed E-state index contributed by atoms with van der Waals surface area (Å²) in [6, 6.07) is 0. The van der Waals surface area contributed by atoms with Crippen LogP contribution < -0.4 is 0 Å². The Morgan fingerprint density at radius 3 is 2.00 bits per heavy atom. The van der Waals surface area contributed by atoms with Crippen LogP contribution in [0.3, 0.4) is 0 Å². The Morgan fingerprint density at radius 1 is 1.40 bits per heavy atom. The van der Waals surface area contributed by atoms with Gasteiger partial charge in [0.05, 0.1) is 7.11 Å². The molecule has 52 valence electrons. The van der Waals surface area contributed by atoms with E-state index in [-0.39, 0.29) is 5.82 Å². The van der Waals surface area contributed by atoms with Gasteiger partial charge < -0.3 is 4.74 Å². The molecule has 0 aliphatic heterocycles. The van der Waals surface area contributed by atoms with Crippen molar-refractivity contribution < 1.29 is 4.74 Å². The molecule has 0 aromatic carbocycles. The highest BCUT2D eigenvalue weighted by molar-refractivity contribution is 5.21. The lowest BCUT2D eigenvalue weighted by molar-refractivity contribution is 0.278. The monoisotopic (exact) mass is 136 g/mol. The Balaban J connectivity index is 4.62. The summed E-state index contributed by atoms with van der Waals surface area (Å²) in [5, 5.41) is 0. The Labute approximate surface area is 60.6 Å². The molecular weight excluding hydrogens is 128 g/mol. The van der Waals surface area contributed by atoms with E-state index in [2.05, 4.69) is 9.69 Å². The van der Waals surface area contributed by atoms with Crippen LogP contribution in [-0.4, -0.2) is 7.11 Å². The molecule has 0 rings (SSSR count). The summed E-state index contributed by atoms with van der Waals surface area (Å²) in [6.45, 7) is 15.0. The molecule has 0 aromatic heterocycles. The van der Waals surface area contributed by atoms with E-state index in [1.165, 1.54) is 7.11 Å². The van der Waals surface area contributed by atoms with Gasteiger partial charge in [-0.1, -0.05) is 6.92 Å². The first kappa shape index (κ1) is 8.52. The van der Waals surface area contributed by atoms with Crippen LogP contribution in [0.15, 0.2) is 11.6 Å². The van der Waals surface area contributed by atoms with Gasteiger partial charge in [-0.15, -0.1) is 0 Å². The Kier molecular flexibility index (Phi) is 3.75. The van der Waals surface area contributed by atoms with Crippen molar-refractivity contribution in [1.29, 1.82) is 0 Å². The molecule has 0 saturated heterocycles. The van der Waals surface area contributed by atoms with Crippen LogP contribution in [0, 0.1) is 13.1 Å². The van der Waals surface area contributed by atoms with Gasteiger partial charge in [0.25, 0.3) is 0 Å². The summed E-state index contributed by atoms with van der Waals surface area (Å²) in [7, 11) is 1.47. The number of nitrogens with zero attached hydrogens (tertiary/aromatic N) is 2. The smallest absolute Gasteiger partial charge is 0.504 e. The van der Waals surface area contributed by atoms with E-state index in [0.29, 0.717) is 12.2 Å². The summed E-state index contributed by atoms with van der Waals surface area (Å²) >= 11 is 0. The normalized spacial score (nSPS) is 7.20. The molecule has 10 heavy (non-hydrogen) atoms. The lowest BCUT2D eigenvalue weighted by Crippen LogP contribution is -1.86. The van der Waals surface area contributed by atoms with Gasteiger partial charge in [-0.05, 0) is 0 Å². The molecule has 0 aliphatic carbocycles. The molecule has 0 bridgehead atoms. The highest BCUT2D eigenvalue weighted by Crippen LogP contribution is 2.11. The van der Waals surface area contributed by atoms with Crippen LogP contribution in [0.2, 0.25) is 0 Å². The molecule has 0 aromatic rings. The van der Waals surface area contributed by atoms with Crippen molar-refractivity contribution in [2.45, 2.75) is 13.3 Å². The topological polar surface area (TPSA) is 18.0 Å². The van der Waals surface area contributed by atoms with E-state index in [9.17, 15) is 0 Å². The fourth-order valence-electron chi connectivity index (χ4n) is 0.543. The van der Waals surface area contributed by atoms with Crippen molar-refractivity contribution in [3.8, 4) is 0 Å². The zero-order valence-electron chi connectivity index (χ0n) is 6.01. The second-order valence-corrected chi connectivity index (χ2v) is 1.53. The van der Waals surface area contributed by atoms with Crippen molar-refractivity contribution in [1.82, 2.24) is 0 Å². The zero-order chi connectivity index (χ0) is 7.98. The maximum Gasteiger partial charge on any atom is 0.557 e. The lowest BCUT2D eigenvalue weighted by Gasteiger charge is -1.95. The van der Waals surface area contributed by atoms with Crippen molar-refractivity contribution in [2.75, 3.05) is 7.11 Å². The van der Waals surface area contributed by atoms with E-state index in [4.69, 9.17) is 17.9 Å². The van der Waals surface area contributed by atoms with Crippen molar-refractivity contribution in [3.63, 3.8) is 0 Å². The lowest BCUT2D eigenvalue weighted by atomic mass is 10.4. The average Bonchev–Trinajstić information content (AvgIpc) is 2.00. The maximum absolute atomic E-state index is 6.57. The summed E-state index contributed by atoms with van der Waals surface area (Å²) in [5.41, 5.74) is 0. The van der Waals surface area contributed by atoms with Gasteiger partial charge in [0.1, 0.15) is 13.1 Å². The van der Waals surface area contributed by atoms with Gasteiger partial charge in [-0.2, -0.15) is 9.69 Å². The zero-order valence-corrected chi connectivity index (χ0v) is 6.01. The average molecular weight is 136 g/mol. The number of hydrogen-bond donors (Lipinski definition) is 0. The molecule has 0 aliphatic rings. The molecule has 0 fully saturated rings. The summed E-state index contributed by atoms with van der Waals surface area (Å²) in [6.07, 6.45) is 0.594. The SMILES string of the molecule is [C-]#[N+]C([N+]#[C-])=C(CC)OC. The van der Waals surface area contributed by atoms with Crippen LogP contribution in [0.25, 0.3) is 9.69 Å². The predicted octanol–water partition coefficient (Wildman–Crippen LogP) is 2.05. The molecule has 0 saturated carbocycles. The van der Waals surface area contributed by atoms with E-state index < -0.39 is 0 Å². The summed E-state index contributed by atoms with van der Waals surface area (Å²) in [5.74, 6) is 0.495. The highest BCUT2D eigenvalue weighted by atomic mass is 16.5. The third kappa shape index (κ3) is 1.80. The summed E-state index contributed by atoms with van der Waals surface area (Å²) < 4.78 is 4.80. The van der Waals surface area contributed by atoms with E-state index >= 15 is 0 Å². The van der Waals surface area contributed by atoms with Gasteiger partial charge in [-0.25, -0.2) is 0 Å². The van der Waals surface area contributed by atoms with E-state index in [0.717, 1.165) is 0 Å². The molecule has 0 unspecified atom stereocenters. The first-order valence-corrected chi connectivity index (χ1v) is 2.82. The third-order valence-electron chi connectivity index (χ3n) is 1.03. The van der Waals surface area contributed by atoms with Gasteiger partial charge in [0.2, 0.25) is 0 Å². The molecule has 3 heteroatoms. The highest BCUT2D eigenvalue weighted by Gasteiger charge is 2.11. The molecule has 0 N–H and O–H groups in total. The van der Waals surface area contributed by atoms with Gasteiger partial charge >= 0.3 is 5.82 Å². The summed E-state index contributed by atoms with van der Waals surface area (Å²) in [4.78, 5) is 6.00. The Bertz CT molecular complexity index is 195. The minimum Gasteiger partial charge on any atom is -0.504 e. The minimum atomic E-state index is 0.0324. The number of ether oxygens (including phenoxy) is 1. The van der Waals surface area contributed by atoms with Crippen molar-refractivity contribution in [2.24, 2.45) is 0 Å². The quantitative estimate of drug-likeness (QED) is 0.419. The van der Waals surface area contributed by atoms with Crippen LogP contribution in [0.4, 0.5) is 0 Å². The second-order valence-electron chi connectivity index (χ2n) is 1.53. The molecule has 0 atom stereocenters. The Morgan fingerprint density at radius 2 is 1.90 bits per heavy atom. The Hall–Kier alpha value is -1.48. The van der Waals surface area contributed by atoms with Gasteiger partial charge in [0, 0.05) is 6.42 Å². The molecule has 0 amide bonds. The molecule has 0 radical (unpaired) electrons.